The van der Waals surface area contributed by atoms with E-state index in [0.717, 1.165) is 23.7 Å². The van der Waals surface area contributed by atoms with Gasteiger partial charge in [-0.2, -0.15) is 0 Å². The molecule has 0 spiro atoms. The van der Waals surface area contributed by atoms with Crippen LogP contribution in [0.2, 0.25) is 0 Å². The van der Waals surface area contributed by atoms with Crippen molar-refractivity contribution in [1.29, 1.82) is 0 Å². The maximum Gasteiger partial charge on any atom is 0.125 e. The molecule has 14 heavy (non-hydrogen) atoms. The molecule has 1 aliphatic rings. The van der Waals surface area contributed by atoms with Gasteiger partial charge in [0, 0.05) is 12.2 Å². The average Bonchev–Trinajstić information content (AvgIpc) is 2.08. The summed E-state index contributed by atoms with van der Waals surface area (Å²) in [5.41, 5.74) is 2.06. The molecule has 0 heterocycles. The Morgan fingerprint density at radius 1 is 1.43 bits per heavy atom. The summed E-state index contributed by atoms with van der Waals surface area (Å²) < 4.78 is 12.9. The summed E-state index contributed by atoms with van der Waals surface area (Å²) >= 11 is 0. The third-order valence-electron chi connectivity index (χ3n) is 3.01. The van der Waals surface area contributed by atoms with Gasteiger partial charge < -0.3 is 5.32 Å². The van der Waals surface area contributed by atoms with E-state index < -0.39 is 0 Å². The Bertz CT molecular complexity index is 318. The predicted octanol–water partition coefficient (Wildman–Crippen LogP) is 3.35. The second-order valence-electron chi connectivity index (χ2n) is 4.14. The maximum atomic E-state index is 12.9. The molecule has 2 rings (SSSR count). The van der Waals surface area contributed by atoms with Crippen LogP contribution >= 0.6 is 0 Å². The molecule has 0 saturated heterocycles. The van der Waals surface area contributed by atoms with Gasteiger partial charge in [0.05, 0.1) is 0 Å². The van der Waals surface area contributed by atoms with Gasteiger partial charge >= 0.3 is 0 Å². The summed E-state index contributed by atoms with van der Waals surface area (Å²) in [5, 5.41) is 3.32. The normalized spacial score (nSPS) is 16.4. The smallest absolute Gasteiger partial charge is 0.125 e. The molecule has 1 nitrogen and oxygen atoms in total. The molecular weight excluding hydrogens is 177 g/mol. The topological polar surface area (TPSA) is 12.0 Å². The number of hydrogen-bond acceptors (Lipinski definition) is 1. The largest absolute Gasteiger partial charge is 0.384 e. The minimum Gasteiger partial charge on any atom is -0.384 e. The van der Waals surface area contributed by atoms with E-state index in [1.165, 1.54) is 25.3 Å². The lowest BCUT2D eigenvalue weighted by molar-refractivity contribution is 0.333. The SMILES string of the molecule is Cc1ccc(F)cc1NCC1CCC1. The molecule has 0 radical (unpaired) electrons. The van der Waals surface area contributed by atoms with Crippen molar-refractivity contribution >= 4 is 5.69 Å². The molecule has 76 valence electrons. The van der Waals surface area contributed by atoms with Crippen LogP contribution in [-0.2, 0) is 0 Å². The first-order valence-corrected chi connectivity index (χ1v) is 5.26. The molecule has 1 aromatic carbocycles. The average molecular weight is 193 g/mol. The zero-order valence-corrected chi connectivity index (χ0v) is 8.52. The molecule has 0 aliphatic heterocycles. The van der Waals surface area contributed by atoms with Crippen LogP contribution in [0.1, 0.15) is 24.8 Å². The van der Waals surface area contributed by atoms with E-state index in [0.29, 0.717) is 0 Å². The maximum absolute atomic E-state index is 12.9. The van der Waals surface area contributed by atoms with Gasteiger partial charge in [0.15, 0.2) is 0 Å². The Labute approximate surface area is 84.3 Å². The summed E-state index contributed by atoms with van der Waals surface area (Å²) in [5.74, 6) is 0.643. The summed E-state index contributed by atoms with van der Waals surface area (Å²) in [6.45, 7) is 2.99. The zero-order valence-electron chi connectivity index (χ0n) is 8.52. The van der Waals surface area contributed by atoms with Gasteiger partial charge in [-0.15, -0.1) is 0 Å². The number of aryl methyl sites for hydroxylation is 1. The molecule has 1 N–H and O–H groups in total. The number of benzene rings is 1. The van der Waals surface area contributed by atoms with Crippen molar-refractivity contribution in [1.82, 2.24) is 0 Å². The fourth-order valence-corrected chi connectivity index (χ4v) is 1.74. The molecule has 0 atom stereocenters. The third kappa shape index (κ3) is 2.06. The second kappa shape index (κ2) is 3.99. The molecule has 0 unspecified atom stereocenters. The monoisotopic (exact) mass is 193 g/mol. The highest BCUT2D eigenvalue weighted by Gasteiger charge is 2.16. The first-order chi connectivity index (χ1) is 6.75. The number of nitrogens with one attached hydrogen (secondary N) is 1. The van der Waals surface area contributed by atoms with Gasteiger partial charge in [-0.1, -0.05) is 12.5 Å². The van der Waals surface area contributed by atoms with E-state index >= 15 is 0 Å². The van der Waals surface area contributed by atoms with Crippen LogP contribution in [0.25, 0.3) is 0 Å². The van der Waals surface area contributed by atoms with Crippen molar-refractivity contribution in [2.75, 3.05) is 11.9 Å². The van der Waals surface area contributed by atoms with E-state index in [2.05, 4.69) is 5.32 Å². The highest BCUT2D eigenvalue weighted by atomic mass is 19.1. The molecule has 1 fully saturated rings. The van der Waals surface area contributed by atoms with Crippen molar-refractivity contribution < 1.29 is 4.39 Å². The lowest BCUT2D eigenvalue weighted by atomic mass is 9.85. The quantitative estimate of drug-likeness (QED) is 0.776. The molecule has 0 amide bonds. The van der Waals surface area contributed by atoms with Crippen LogP contribution in [0.5, 0.6) is 0 Å². The van der Waals surface area contributed by atoms with Crippen LogP contribution in [0.3, 0.4) is 0 Å². The minimum atomic E-state index is -0.160. The van der Waals surface area contributed by atoms with Gasteiger partial charge in [0.1, 0.15) is 5.82 Å². The fourth-order valence-electron chi connectivity index (χ4n) is 1.74. The van der Waals surface area contributed by atoms with E-state index in [4.69, 9.17) is 0 Å². The van der Waals surface area contributed by atoms with Crippen LogP contribution in [-0.4, -0.2) is 6.54 Å². The van der Waals surface area contributed by atoms with E-state index in [-0.39, 0.29) is 5.82 Å². The van der Waals surface area contributed by atoms with Crippen LogP contribution in [0, 0.1) is 18.7 Å². The number of halogens is 1. The van der Waals surface area contributed by atoms with E-state index in [9.17, 15) is 4.39 Å². The van der Waals surface area contributed by atoms with Crippen LogP contribution < -0.4 is 5.32 Å². The Kier molecular flexibility index (Phi) is 2.71. The van der Waals surface area contributed by atoms with Gasteiger partial charge in [0.25, 0.3) is 0 Å². The lowest BCUT2D eigenvalue weighted by Crippen LogP contribution is -2.21. The summed E-state index contributed by atoms with van der Waals surface area (Å²) in [6.07, 6.45) is 4.00. The predicted molar refractivity (Wildman–Crippen MR) is 57.0 cm³/mol. The van der Waals surface area contributed by atoms with Crippen molar-refractivity contribution in [3.63, 3.8) is 0 Å². The summed E-state index contributed by atoms with van der Waals surface area (Å²) in [7, 11) is 0. The van der Waals surface area contributed by atoms with Crippen molar-refractivity contribution in [3.05, 3.63) is 29.6 Å². The number of hydrogen-bond donors (Lipinski definition) is 1. The van der Waals surface area contributed by atoms with E-state index in [1.54, 1.807) is 6.07 Å². The standard InChI is InChI=1S/C12H16FN/c1-9-5-6-11(13)7-12(9)14-8-10-3-2-4-10/h5-7,10,14H,2-4,8H2,1H3. The van der Waals surface area contributed by atoms with E-state index in [1.807, 2.05) is 13.0 Å². The molecule has 1 aromatic rings. The zero-order chi connectivity index (χ0) is 9.97. The second-order valence-corrected chi connectivity index (χ2v) is 4.14. The third-order valence-corrected chi connectivity index (χ3v) is 3.01. The molecular formula is C12H16FN. The van der Waals surface area contributed by atoms with Crippen molar-refractivity contribution in [2.24, 2.45) is 5.92 Å². The van der Waals surface area contributed by atoms with Crippen molar-refractivity contribution in [3.8, 4) is 0 Å². The molecule has 2 heteroatoms. The minimum absolute atomic E-state index is 0.160. The Hall–Kier alpha value is -1.05. The number of anilines is 1. The van der Waals surface area contributed by atoms with Gasteiger partial charge in [-0.05, 0) is 43.4 Å². The first-order valence-electron chi connectivity index (χ1n) is 5.26. The molecule has 0 aromatic heterocycles. The lowest BCUT2D eigenvalue weighted by Gasteiger charge is -2.26. The van der Waals surface area contributed by atoms with Gasteiger partial charge in [0.2, 0.25) is 0 Å². The van der Waals surface area contributed by atoms with Gasteiger partial charge in [-0.25, -0.2) is 4.39 Å². The molecule has 0 bridgehead atoms. The van der Waals surface area contributed by atoms with Crippen LogP contribution in [0.4, 0.5) is 10.1 Å². The fraction of sp³-hybridized carbons (Fsp3) is 0.500. The van der Waals surface area contributed by atoms with Crippen molar-refractivity contribution in [2.45, 2.75) is 26.2 Å². The Balaban J connectivity index is 1.96. The number of rotatable bonds is 3. The first kappa shape index (κ1) is 9.50. The summed E-state index contributed by atoms with van der Waals surface area (Å²) in [4.78, 5) is 0. The summed E-state index contributed by atoms with van der Waals surface area (Å²) in [6, 6.07) is 4.90. The molecule has 1 saturated carbocycles. The molecule has 1 aliphatic carbocycles. The Morgan fingerprint density at radius 2 is 2.21 bits per heavy atom. The van der Waals surface area contributed by atoms with Crippen LogP contribution in [0.15, 0.2) is 18.2 Å². The highest BCUT2D eigenvalue weighted by molar-refractivity contribution is 5.50. The Morgan fingerprint density at radius 3 is 2.86 bits per heavy atom. The highest BCUT2D eigenvalue weighted by Crippen LogP contribution is 2.27. The van der Waals surface area contributed by atoms with Gasteiger partial charge in [-0.3, -0.25) is 0 Å².